The first kappa shape index (κ1) is 16.5. The van der Waals surface area contributed by atoms with Crippen LogP contribution in [0.1, 0.15) is 5.56 Å². The highest BCUT2D eigenvalue weighted by Crippen LogP contribution is 2.22. The molecule has 0 radical (unpaired) electrons. The number of nitrogens with zero attached hydrogens (tertiary/aromatic N) is 8. The van der Waals surface area contributed by atoms with E-state index >= 15 is 0 Å². The van der Waals surface area contributed by atoms with Gasteiger partial charge in [0.25, 0.3) is 0 Å². The molecule has 2 aromatic heterocycles. The zero-order valence-corrected chi connectivity index (χ0v) is 14.4. The number of benzene rings is 2. The molecule has 2 heterocycles. The molecule has 10 nitrogen and oxygen atoms in total. The van der Waals surface area contributed by atoms with Crippen LogP contribution < -0.4 is 5.32 Å². The van der Waals surface area contributed by atoms with Gasteiger partial charge in [-0.1, -0.05) is 30.3 Å². The van der Waals surface area contributed by atoms with E-state index in [1.54, 1.807) is 0 Å². The summed E-state index contributed by atoms with van der Waals surface area (Å²) < 4.78 is 1.51. The Kier molecular flexibility index (Phi) is 4.35. The van der Waals surface area contributed by atoms with E-state index in [0.717, 1.165) is 11.3 Å². The van der Waals surface area contributed by atoms with Gasteiger partial charge in [-0.3, -0.25) is 4.79 Å². The average Bonchev–Trinajstić information content (AvgIpc) is 3.36. The van der Waals surface area contributed by atoms with Crippen LogP contribution in [0.5, 0.6) is 0 Å². The van der Waals surface area contributed by atoms with Crippen molar-refractivity contribution < 1.29 is 4.79 Å². The highest BCUT2D eigenvalue weighted by Gasteiger charge is 2.14. The summed E-state index contributed by atoms with van der Waals surface area (Å²) in [5, 5.41) is 26.4. The van der Waals surface area contributed by atoms with Gasteiger partial charge in [-0.25, -0.2) is 0 Å². The Hall–Kier alpha value is -3.95. The number of anilines is 1. The maximum Gasteiger partial charge on any atom is 0.248 e. The summed E-state index contributed by atoms with van der Waals surface area (Å²) in [6.07, 6.45) is 1.49. The molecule has 27 heavy (non-hydrogen) atoms. The van der Waals surface area contributed by atoms with Gasteiger partial charge in [0.2, 0.25) is 11.7 Å². The van der Waals surface area contributed by atoms with Gasteiger partial charge in [-0.2, -0.15) is 9.48 Å². The molecule has 0 aliphatic rings. The molecule has 4 aromatic rings. The van der Waals surface area contributed by atoms with Crippen LogP contribution >= 0.6 is 0 Å². The topological polar surface area (TPSA) is 116 Å². The first-order chi connectivity index (χ1) is 13.2. The van der Waals surface area contributed by atoms with E-state index in [9.17, 15) is 4.79 Å². The molecule has 0 saturated heterocycles. The third-order valence-electron chi connectivity index (χ3n) is 3.90. The number of para-hydroxylation sites is 2. The minimum Gasteiger partial charge on any atom is -0.324 e. The number of aromatic nitrogens is 8. The van der Waals surface area contributed by atoms with Crippen molar-refractivity contribution in [3.63, 3.8) is 0 Å². The molecule has 10 heteroatoms. The van der Waals surface area contributed by atoms with E-state index in [2.05, 4.69) is 36.3 Å². The largest absolute Gasteiger partial charge is 0.324 e. The summed E-state index contributed by atoms with van der Waals surface area (Å²) in [6.45, 7) is 1.88. The molecular formula is C17H15N9O. The summed E-state index contributed by atoms with van der Waals surface area (Å²) in [4.78, 5) is 13.5. The summed E-state index contributed by atoms with van der Waals surface area (Å²) in [6, 6.07) is 15.0. The van der Waals surface area contributed by atoms with E-state index in [-0.39, 0.29) is 12.5 Å². The highest BCUT2D eigenvalue weighted by molar-refractivity contribution is 5.91. The predicted octanol–water partition coefficient (Wildman–Crippen LogP) is 1.26. The lowest BCUT2D eigenvalue weighted by Crippen LogP contribution is -2.20. The van der Waals surface area contributed by atoms with Crippen molar-refractivity contribution in [1.29, 1.82) is 0 Å². The fourth-order valence-corrected chi connectivity index (χ4v) is 2.58. The van der Waals surface area contributed by atoms with E-state index in [1.165, 1.54) is 15.8 Å². The van der Waals surface area contributed by atoms with Gasteiger partial charge in [0.15, 0.2) is 0 Å². The SMILES string of the molecule is Cc1ccccc1NC(=O)Cn1nnc(-c2ccccc2-n2cnnn2)n1. The zero-order valence-electron chi connectivity index (χ0n) is 14.4. The lowest BCUT2D eigenvalue weighted by Gasteiger charge is -2.07. The van der Waals surface area contributed by atoms with Crippen molar-refractivity contribution in [2.24, 2.45) is 0 Å². The standard InChI is InChI=1S/C17H15N9O/c1-12-6-2-4-8-14(12)19-16(27)10-26-21-17(20-23-26)13-7-3-5-9-15(13)25-11-18-22-24-25/h2-9,11H,10H2,1H3,(H,19,27). The second-order valence-corrected chi connectivity index (χ2v) is 5.78. The Bertz CT molecular complexity index is 1070. The summed E-state index contributed by atoms with van der Waals surface area (Å²) in [7, 11) is 0. The monoisotopic (exact) mass is 361 g/mol. The van der Waals surface area contributed by atoms with Crippen LogP contribution in [0.25, 0.3) is 17.1 Å². The van der Waals surface area contributed by atoms with Crippen LogP contribution in [0.2, 0.25) is 0 Å². The predicted molar refractivity (Wildman–Crippen MR) is 95.8 cm³/mol. The van der Waals surface area contributed by atoms with E-state index in [4.69, 9.17) is 0 Å². The van der Waals surface area contributed by atoms with Crippen LogP contribution in [-0.2, 0) is 11.3 Å². The molecule has 1 amide bonds. The number of rotatable bonds is 5. The maximum absolute atomic E-state index is 12.3. The van der Waals surface area contributed by atoms with Crippen molar-refractivity contribution in [2.45, 2.75) is 13.5 Å². The molecule has 4 rings (SSSR count). The van der Waals surface area contributed by atoms with Crippen molar-refractivity contribution in [1.82, 2.24) is 40.4 Å². The van der Waals surface area contributed by atoms with Crippen LogP contribution in [-0.4, -0.2) is 46.3 Å². The average molecular weight is 361 g/mol. The van der Waals surface area contributed by atoms with Gasteiger partial charge in [0, 0.05) is 11.3 Å². The Morgan fingerprint density at radius 2 is 1.89 bits per heavy atom. The molecule has 0 unspecified atom stereocenters. The molecule has 0 aliphatic heterocycles. The molecule has 0 spiro atoms. The van der Waals surface area contributed by atoms with Gasteiger partial charge in [-0.05, 0) is 46.3 Å². The van der Waals surface area contributed by atoms with Crippen LogP contribution in [0.4, 0.5) is 5.69 Å². The molecule has 0 atom stereocenters. The number of carbonyl (C=O) groups excluding carboxylic acids is 1. The van der Waals surface area contributed by atoms with Crippen LogP contribution in [0.15, 0.2) is 54.9 Å². The number of amides is 1. The number of tetrazole rings is 2. The van der Waals surface area contributed by atoms with Gasteiger partial charge in [0.1, 0.15) is 12.9 Å². The van der Waals surface area contributed by atoms with Crippen LogP contribution in [0.3, 0.4) is 0 Å². The Morgan fingerprint density at radius 3 is 2.70 bits per heavy atom. The highest BCUT2D eigenvalue weighted by atomic mass is 16.2. The molecule has 134 valence electrons. The minimum atomic E-state index is -0.234. The van der Waals surface area contributed by atoms with Gasteiger partial charge >= 0.3 is 0 Å². The maximum atomic E-state index is 12.3. The van der Waals surface area contributed by atoms with Crippen molar-refractivity contribution in [3.8, 4) is 17.1 Å². The zero-order chi connectivity index (χ0) is 18.6. The molecule has 0 aliphatic carbocycles. The number of hydrogen-bond donors (Lipinski definition) is 1. The number of nitrogens with one attached hydrogen (secondary N) is 1. The molecular weight excluding hydrogens is 346 g/mol. The minimum absolute atomic E-state index is 0.0472. The molecule has 0 saturated carbocycles. The van der Waals surface area contributed by atoms with Gasteiger partial charge < -0.3 is 5.32 Å². The third kappa shape index (κ3) is 3.54. The molecule has 0 bridgehead atoms. The number of carbonyl (C=O) groups is 1. The molecule has 2 aromatic carbocycles. The van der Waals surface area contributed by atoms with Crippen molar-refractivity contribution in [2.75, 3.05) is 5.32 Å². The lowest BCUT2D eigenvalue weighted by molar-refractivity contribution is -0.117. The first-order valence-corrected chi connectivity index (χ1v) is 8.17. The summed E-state index contributed by atoms with van der Waals surface area (Å²) in [5.41, 5.74) is 3.15. The first-order valence-electron chi connectivity index (χ1n) is 8.17. The second-order valence-electron chi connectivity index (χ2n) is 5.78. The van der Waals surface area contributed by atoms with Gasteiger partial charge in [0.05, 0.1) is 5.69 Å². The lowest BCUT2D eigenvalue weighted by atomic mass is 10.1. The normalized spacial score (nSPS) is 10.7. The Morgan fingerprint density at radius 1 is 1.07 bits per heavy atom. The summed E-state index contributed by atoms with van der Waals surface area (Å²) >= 11 is 0. The van der Waals surface area contributed by atoms with Crippen molar-refractivity contribution >= 4 is 11.6 Å². The second kappa shape index (κ2) is 7.12. The summed E-state index contributed by atoms with van der Waals surface area (Å²) in [5.74, 6) is 0.145. The van der Waals surface area contributed by atoms with Gasteiger partial charge in [-0.15, -0.1) is 15.3 Å². The molecule has 0 fully saturated rings. The number of hydrogen-bond acceptors (Lipinski definition) is 7. The fourth-order valence-electron chi connectivity index (χ4n) is 2.58. The number of aryl methyl sites for hydroxylation is 1. The Labute approximate surface area is 153 Å². The van der Waals surface area contributed by atoms with E-state index in [0.29, 0.717) is 17.1 Å². The third-order valence-corrected chi connectivity index (χ3v) is 3.90. The Balaban J connectivity index is 1.53. The van der Waals surface area contributed by atoms with Crippen molar-refractivity contribution in [3.05, 3.63) is 60.4 Å². The van der Waals surface area contributed by atoms with E-state index in [1.807, 2.05) is 55.5 Å². The quantitative estimate of drug-likeness (QED) is 0.569. The van der Waals surface area contributed by atoms with E-state index < -0.39 is 0 Å². The molecule has 1 N–H and O–H groups in total. The van der Waals surface area contributed by atoms with Crippen LogP contribution in [0, 0.1) is 6.92 Å². The fraction of sp³-hybridized carbons (Fsp3) is 0.118. The smallest absolute Gasteiger partial charge is 0.248 e.